The molecule has 0 spiro atoms. The Labute approximate surface area is 175 Å². The van der Waals surface area contributed by atoms with Crippen LogP contribution in [0, 0.1) is 0 Å². The number of carbonyl (C=O) groups is 1. The lowest BCUT2D eigenvalue weighted by Crippen LogP contribution is -2.48. The third-order valence-corrected chi connectivity index (χ3v) is 5.27. The van der Waals surface area contributed by atoms with Crippen LogP contribution in [0.1, 0.15) is 12.8 Å². The van der Waals surface area contributed by atoms with Gasteiger partial charge in [0.05, 0.1) is 18.7 Å². The molecule has 150 valence electrons. The van der Waals surface area contributed by atoms with Gasteiger partial charge in [-0.15, -0.1) is 0 Å². The number of hydrogen-bond donors (Lipinski definition) is 0. The normalized spacial score (nSPS) is 14.1. The summed E-state index contributed by atoms with van der Waals surface area (Å²) < 4.78 is 10.9. The fourth-order valence-electron chi connectivity index (χ4n) is 3.18. The van der Waals surface area contributed by atoms with E-state index in [1.54, 1.807) is 25.3 Å². The number of amides is 1. The minimum atomic E-state index is 0.163. The van der Waals surface area contributed by atoms with Crippen LogP contribution in [0.2, 0.25) is 10.0 Å². The molecule has 0 bridgehead atoms. The molecular formula is C21H24Cl2N2O3. The topological polar surface area (TPSA) is 42.0 Å². The van der Waals surface area contributed by atoms with Gasteiger partial charge in [-0.2, -0.15) is 0 Å². The molecule has 5 nitrogen and oxygen atoms in total. The van der Waals surface area contributed by atoms with Crippen LogP contribution in [-0.4, -0.2) is 50.7 Å². The molecule has 3 rings (SSSR count). The Hall–Kier alpha value is -2.11. The summed E-state index contributed by atoms with van der Waals surface area (Å²) in [4.78, 5) is 16.7. The first-order valence-corrected chi connectivity index (χ1v) is 10.1. The zero-order chi connectivity index (χ0) is 19.9. The molecule has 0 aromatic heterocycles. The largest absolute Gasteiger partial charge is 0.497 e. The number of carbonyl (C=O) groups excluding carboxylic acids is 1. The molecule has 1 aliphatic rings. The molecule has 1 saturated heterocycles. The van der Waals surface area contributed by atoms with E-state index in [4.69, 9.17) is 32.7 Å². The summed E-state index contributed by atoms with van der Waals surface area (Å²) in [5.74, 6) is 1.60. The van der Waals surface area contributed by atoms with E-state index >= 15 is 0 Å². The van der Waals surface area contributed by atoms with Crippen LogP contribution >= 0.6 is 23.2 Å². The summed E-state index contributed by atoms with van der Waals surface area (Å²) in [5, 5.41) is 1.05. The second-order valence-electron chi connectivity index (χ2n) is 6.60. The average Bonchev–Trinajstić information content (AvgIpc) is 2.72. The fraction of sp³-hybridized carbons (Fsp3) is 0.381. The summed E-state index contributed by atoms with van der Waals surface area (Å²) in [5.41, 5.74) is 1.12. The Morgan fingerprint density at radius 1 is 1.07 bits per heavy atom. The van der Waals surface area contributed by atoms with Gasteiger partial charge in [-0.25, -0.2) is 0 Å². The summed E-state index contributed by atoms with van der Waals surface area (Å²) >= 11 is 11.9. The van der Waals surface area contributed by atoms with Crippen molar-refractivity contribution in [2.24, 2.45) is 0 Å². The molecule has 0 atom stereocenters. The number of halogens is 2. The minimum Gasteiger partial charge on any atom is -0.497 e. The second-order valence-corrected chi connectivity index (χ2v) is 7.44. The maximum atomic E-state index is 12.5. The van der Waals surface area contributed by atoms with Crippen LogP contribution in [0.4, 0.5) is 5.69 Å². The summed E-state index contributed by atoms with van der Waals surface area (Å²) in [7, 11) is 1.67. The lowest BCUT2D eigenvalue weighted by molar-refractivity contribution is -0.131. The van der Waals surface area contributed by atoms with E-state index in [1.165, 1.54) is 0 Å². The van der Waals surface area contributed by atoms with Crippen LogP contribution in [0.5, 0.6) is 11.5 Å². The maximum Gasteiger partial charge on any atom is 0.222 e. The van der Waals surface area contributed by atoms with Crippen molar-refractivity contribution in [1.29, 1.82) is 0 Å². The van der Waals surface area contributed by atoms with Gasteiger partial charge in [0.25, 0.3) is 0 Å². The number of ether oxygens (including phenoxy) is 2. The van der Waals surface area contributed by atoms with E-state index < -0.39 is 0 Å². The second kappa shape index (κ2) is 9.89. The molecule has 1 aliphatic heterocycles. The van der Waals surface area contributed by atoms with E-state index in [9.17, 15) is 4.79 Å². The number of hydrogen-bond acceptors (Lipinski definition) is 4. The molecule has 1 fully saturated rings. The quantitative estimate of drug-likeness (QED) is 0.615. The van der Waals surface area contributed by atoms with Crippen LogP contribution in [0.25, 0.3) is 0 Å². The van der Waals surface area contributed by atoms with Crippen molar-refractivity contribution >= 4 is 34.8 Å². The predicted molar refractivity (Wildman–Crippen MR) is 113 cm³/mol. The first-order chi connectivity index (χ1) is 13.6. The van der Waals surface area contributed by atoms with Crippen LogP contribution in [-0.2, 0) is 4.79 Å². The number of methoxy groups -OCH3 is 1. The summed E-state index contributed by atoms with van der Waals surface area (Å²) in [6, 6.07) is 13.1. The average molecular weight is 423 g/mol. The number of benzene rings is 2. The SMILES string of the molecule is COc1cccc(N2CCN(C(=O)CCCOc3ccc(Cl)cc3Cl)CC2)c1. The van der Waals surface area contributed by atoms with E-state index in [2.05, 4.69) is 11.0 Å². The van der Waals surface area contributed by atoms with Crippen molar-refractivity contribution in [3.05, 3.63) is 52.5 Å². The third kappa shape index (κ3) is 5.46. The highest BCUT2D eigenvalue weighted by Crippen LogP contribution is 2.27. The molecule has 0 unspecified atom stereocenters. The van der Waals surface area contributed by atoms with Gasteiger partial charge in [-0.3, -0.25) is 4.79 Å². The molecule has 0 radical (unpaired) electrons. The Kier molecular flexibility index (Phi) is 7.29. The van der Waals surface area contributed by atoms with Crippen molar-refractivity contribution in [2.75, 3.05) is 44.8 Å². The molecule has 0 aliphatic carbocycles. The van der Waals surface area contributed by atoms with Gasteiger partial charge in [-0.05, 0) is 36.8 Å². The molecular weight excluding hydrogens is 399 g/mol. The number of anilines is 1. The smallest absolute Gasteiger partial charge is 0.222 e. The van der Waals surface area contributed by atoms with Crippen molar-refractivity contribution in [3.8, 4) is 11.5 Å². The highest BCUT2D eigenvalue weighted by Gasteiger charge is 2.21. The molecule has 1 heterocycles. The van der Waals surface area contributed by atoms with Gasteiger partial charge in [-0.1, -0.05) is 29.3 Å². The van der Waals surface area contributed by atoms with E-state index in [0.717, 1.165) is 37.6 Å². The Morgan fingerprint density at radius 3 is 2.57 bits per heavy atom. The minimum absolute atomic E-state index is 0.163. The lowest BCUT2D eigenvalue weighted by Gasteiger charge is -2.36. The Bertz CT molecular complexity index is 808. The van der Waals surface area contributed by atoms with Crippen molar-refractivity contribution in [2.45, 2.75) is 12.8 Å². The zero-order valence-corrected chi connectivity index (χ0v) is 17.4. The fourth-order valence-corrected chi connectivity index (χ4v) is 3.64. The Balaban J connectivity index is 1.40. The van der Waals surface area contributed by atoms with Gasteiger partial charge in [0.15, 0.2) is 0 Å². The predicted octanol–water partition coefficient (Wildman–Crippen LogP) is 4.51. The van der Waals surface area contributed by atoms with E-state index in [-0.39, 0.29) is 5.91 Å². The molecule has 7 heteroatoms. The number of rotatable bonds is 7. The maximum absolute atomic E-state index is 12.5. The standard InChI is InChI=1S/C21H24Cl2N2O3/c1-27-18-5-2-4-17(15-18)24-9-11-25(12-10-24)21(26)6-3-13-28-20-8-7-16(22)14-19(20)23/h2,4-5,7-8,14-15H,3,6,9-13H2,1H3. The van der Waals surface area contributed by atoms with E-state index in [0.29, 0.717) is 35.2 Å². The van der Waals surface area contributed by atoms with Gasteiger partial charge in [0.1, 0.15) is 11.5 Å². The molecule has 2 aromatic carbocycles. The van der Waals surface area contributed by atoms with Gasteiger partial charge >= 0.3 is 0 Å². The molecule has 1 amide bonds. The zero-order valence-electron chi connectivity index (χ0n) is 15.9. The van der Waals surface area contributed by atoms with Crippen molar-refractivity contribution in [1.82, 2.24) is 4.90 Å². The first kappa shape index (κ1) is 20.6. The van der Waals surface area contributed by atoms with Crippen LogP contribution in [0.3, 0.4) is 0 Å². The molecule has 0 saturated carbocycles. The van der Waals surface area contributed by atoms with Crippen molar-refractivity contribution < 1.29 is 14.3 Å². The monoisotopic (exact) mass is 422 g/mol. The summed E-state index contributed by atoms with van der Waals surface area (Å²) in [6.45, 7) is 3.52. The number of nitrogens with zero attached hydrogens (tertiary/aromatic N) is 2. The van der Waals surface area contributed by atoms with Gasteiger partial charge < -0.3 is 19.3 Å². The van der Waals surface area contributed by atoms with Crippen LogP contribution in [0.15, 0.2) is 42.5 Å². The van der Waals surface area contributed by atoms with Gasteiger partial charge in [0.2, 0.25) is 5.91 Å². The van der Waals surface area contributed by atoms with Crippen molar-refractivity contribution in [3.63, 3.8) is 0 Å². The third-order valence-electron chi connectivity index (χ3n) is 4.74. The van der Waals surface area contributed by atoms with E-state index in [1.807, 2.05) is 23.1 Å². The first-order valence-electron chi connectivity index (χ1n) is 9.31. The molecule has 28 heavy (non-hydrogen) atoms. The van der Waals surface area contributed by atoms with Gasteiger partial charge in [0, 0.05) is 49.4 Å². The Morgan fingerprint density at radius 2 is 1.86 bits per heavy atom. The number of piperazine rings is 1. The molecule has 2 aromatic rings. The lowest BCUT2D eigenvalue weighted by atomic mass is 10.2. The highest BCUT2D eigenvalue weighted by atomic mass is 35.5. The molecule has 0 N–H and O–H groups in total. The highest BCUT2D eigenvalue weighted by molar-refractivity contribution is 6.35. The summed E-state index contributed by atoms with van der Waals surface area (Å²) in [6.07, 6.45) is 1.11. The van der Waals surface area contributed by atoms with Crippen LogP contribution < -0.4 is 14.4 Å².